The number of aromatic nitrogens is 4. The summed E-state index contributed by atoms with van der Waals surface area (Å²) in [5.74, 6) is 0. The van der Waals surface area contributed by atoms with E-state index in [4.69, 9.17) is 19.9 Å². The molecule has 0 saturated heterocycles. The van der Waals surface area contributed by atoms with Crippen LogP contribution in [0.25, 0.3) is 207 Å². The zero-order valence-corrected chi connectivity index (χ0v) is 76.5. The van der Waals surface area contributed by atoms with Gasteiger partial charge in [0.1, 0.15) is 0 Å². The molecule has 27 aromatic rings. The molecule has 27 rings (SSSR count). The van der Waals surface area contributed by atoms with Crippen molar-refractivity contribution < 1.29 is 17.5 Å². The number of sulfone groups is 1. The van der Waals surface area contributed by atoms with E-state index in [1.54, 1.807) is 24.3 Å². The van der Waals surface area contributed by atoms with Gasteiger partial charge in [0, 0.05) is 109 Å². The van der Waals surface area contributed by atoms with Crippen LogP contribution in [0.4, 0.5) is 0 Å². The van der Waals surface area contributed by atoms with Crippen LogP contribution in [0.2, 0.25) is 0 Å². The van der Waals surface area contributed by atoms with Gasteiger partial charge in [0.05, 0.1) is 48.9 Å². The summed E-state index contributed by atoms with van der Waals surface area (Å²) >= 11 is 0. The summed E-state index contributed by atoms with van der Waals surface area (Å²) in [6.07, 6.45) is 1.84. The van der Waals surface area contributed by atoms with Gasteiger partial charge in [-0.25, -0.2) is 23.4 Å². The van der Waals surface area contributed by atoms with E-state index in [2.05, 4.69) is 249 Å². The van der Waals surface area contributed by atoms with Gasteiger partial charge in [-0.15, -0.1) is 0 Å². The van der Waals surface area contributed by atoms with Crippen molar-refractivity contribution >= 4 is 229 Å². The number of para-hydroxylation sites is 2. The predicted molar refractivity (Wildman–Crippen MR) is 578 cm³/mol. The first-order chi connectivity index (χ1) is 67.6. The Morgan fingerprint density at radius 1 is 0.197 bits per heavy atom. The molecule has 0 amide bonds. The van der Waals surface area contributed by atoms with Gasteiger partial charge in [0.15, 0.2) is 14.3 Å². The molecule has 0 bridgehead atoms. The maximum Gasteiger partial charge on any atom is 0.207 e. The molecule has 4 heterocycles. The van der Waals surface area contributed by atoms with Crippen LogP contribution in [0.3, 0.4) is 0 Å². The molecule has 0 N–H and O–H groups in total. The topological polar surface area (TPSA) is 120 Å². The van der Waals surface area contributed by atoms with Crippen LogP contribution in [-0.4, -0.2) is 28.4 Å². The van der Waals surface area contributed by atoms with Crippen molar-refractivity contribution in [3.63, 3.8) is 0 Å². The Labute approximate surface area is 789 Å². The quantitative estimate of drug-likeness (QED) is 0.0713. The SMILES string of the molecule is O=P(c1ccccc1)(c1ccccc1)c1c2ccccc2c(-c2nc3ccccc3c3c4ccccc4c4ccccc4c23)c2ccccc12.O=P(c1ccccc1)(c1ccccc1)c1cccc(-c2nc3cccnc3c3c4ccccc4c4ccccc4c23)c1.O=S(=O)(c1ccccc1)c1c2ccccc2c(-c2nc3ccccc3c3c4ccccc4c4ccccc4c23)c2ccccc12. The molecule has 644 valence electrons. The van der Waals surface area contributed by atoms with Gasteiger partial charge < -0.3 is 9.13 Å². The van der Waals surface area contributed by atoms with E-state index in [1.165, 1.54) is 48.5 Å². The minimum atomic E-state index is -3.85. The van der Waals surface area contributed by atoms with Crippen LogP contribution in [0, 0.1) is 0 Å². The summed E-state index contributed by atoms with van der Waals surface area (Å²) in [6.45, 7) is 0. The lowest BCUT2D eigenvalue weighted by Crippen LogP contribution is -2.26. The van der Waals surface area contributed by atoms with E-state index in [0.29, 0.717) is 15.7 Å². The minimum Gasteiger partial charge on any atom is -0.309 e. The third-order valence-electron chi connectivity index (χ3n) is 27.4. The zero-order valence-electron chi connectivity index (χ0n) is 73.9. The van der Waals surface area contributed by atoms with Gasteiger partial charge >= 0.3 is 0 Å². The van der Waals surface area contributed by atoms with Crippen LogP contribution in [0.15, 0.2) is 495 Å². The molecule has 0 aliphatic carbocycles. The Morgan fingerprint density at radius 3 is 0.854 bits per heavy atom. The van der Waals surface area contributed by atoms with Crippen LogP contribution < -0.4 is 31.8 Å². The first-order valence-corrected chi connectivity index (χ1v) is 50.9. The number of pyridine rings is 4. The Hall–Kier alpha value is -16.8. The second-order valence-electron chi connectivity index (χ2n) is 34.8. The van der Waals surface area contributed by atoms with Gasteiger partial charge in [-0.1, -0.05) is 437 Å². The molecule has 0 atom stereocenters. The lowest BCUT2D eigenvalue weighted by Gasteiger charge is -2.26. The Balaban J connectivity index is 0.000000110. The molecule has 0 spiro atoms. The molecule has 23 aromatic carbocycles. The highest BCUT2D eigenvalue weighted by Gasteiger charge is 2.37. The second kappa shape index (κ2) is 33.4. The molecule has 0 aliphatic heterocycles. The smallest absolute Gasteiger partial charge is 0.207 e. The molecular weight excluding hydrogens is 1730 g/mol. The van der Waals surface area contributed by atoms with Crippen LogP contribution in [0.1, 0.15) is 0 Å². The van der Waals surface area contributed by atoms with Crippen molar-refractivity contribution in [3.05, 3.63) is 485 Å². The summed E-state index contributed by atoms with van der Waals surface area (Å²) in [6, 6.07) is 162. The molecule has 4 aromatic heterocycles. The molecule has 0 fully saturated rings. The molecule has 8 nitrogen and oxygen atoms in total. The van der Waals surface area contributed by atoms with Crippen molar-refractivity contribution in [2.24, 2.45) is 0 Å². The van der Waals surface area contributed by atoms with Crippen molar-refractivity contribution in [2.45, 2.75) is 9.79 Å². The average molecular weight is 1810 g/mol. The molecule has 137 heavy (non-hydrogen) atoms. The number of rotatable bonds is 11. The lowest BCUT2D eigenvalue weighted by molar-refractivity contribution is 0.592. The largest absolute Gasteiger partial charge is 0.309 e. The van der Waals surface area contributed by atoms with E-state index < -0.39 is 24.1 Å². The van der Waals surface area contributed by atoms with Gasteiger partial charge in [-0.2, -0.15) is 0 Å². The molecular formula is C126H80N4O4P2S. The molecule has 0 radical (unpaired) electrons. The normalized spacial score (nSPS) is 12.1. The highest BCUT2D eigenvalue weighted by molar-refractivity contribution is 7.92. The Bertz CT molecular complexity index is 9710. The molecule has 0 unspecified atom stereocenters. The Kier molecular flexibility index (Phi) is 20.1. The fourth-order valence-corrected chi connectivity index (χ4v) is 29.1. The summed E-state index contributed by atoms with van der Waals surface area (Å²) in [4.78, 5) is 21.7. The van der Waals surface area contributed by atoms with Crippen molar-refractivity contribution in [2.75, 3.05) is 0 Å². The third-order valence-corrected chi connectivity index (χ3v) is 35.5. The first kappa shape index (κ1) is 82.2. The van der Waals surface area contributed by atoms with Crippen LogP contribution >= 0.6 is 14.3 Å². The molecule has 11 heteroatoms. The van der Waals surface area contributed by atoms with Crippen molar-refractivity contribution in [1.82, 2.24) is 19.9 Å². The maximum atomic E-state index is 16.2. The molecule has 0 aliphatic rings. The summed E-state index contributed by atoms with van der Waals surface area (Å²) in [5.41, 5.74) is 9.14. The monoisotopic (exact) mass is 1810 g/mol. The predicted octanol–water partition coefficient (Wildman–Crippen LogP) is 30.2. The van der Waals surface area contributed by atoms with E-state index >= 15 is 9.13 Å². The van der Waals surface area contributed by atoms with E-state index in [9.17, 15) is 8.42 Å². The van der Waals surface area contributed by atoms with Crippen LogP contribution in [-0.2, 0) is 19.0 Å². The number of benzene rings is 23. The Morgan fingerprint density at radius 2 is 0.467 bits per heavy atom. The molecule has 0 saturated carbocycles. The number of hydrogen-bond acceptors (Lipinski definition) is 8. The summed E-state index contributed by atoms with van der Waals surface area (Å²) < 4.78 is 60.2. The minimum absolute atomic E-state index is 0.278. The highest BCUT2D eigenvalue weighted by atomic mass is 32.2. The average Bonchev–Trinajstić information content (AvgIpc) is 0.677. The van der Waals surface area contributed by atoms with Crippen molar-refractivity contribution in [1.29, 1.82) is 0 Å². The summed E-state index contributed by atoms with van der Waals surface area (Å²) in [5, 5.41) is 35.0. The number of nitrogens with zero attached hydrogens (tertiary/aromatic N) is 4. The van der Waals surface area contributed by atoms with E-state index in [0.717, 1.165) is 179 Å². The lowest BCUT2D eigenvalue weighted by atomic mass is 9.87. The van der Waals surface area contributed by atoms with Crippen molar-refractivity contribution in [3.8, 4) is 33.8 Å². The number of hydrogen-bond donors (Lipinski definition) is 0. The number of fused-ring (bicyclic) bond motifs is 28. The van der Waals surface area contributed by atoms with Gasteiger partial charge in [0.2, 0.25) is 9.84 Å². The van der Waals surface area contributed by atoms with Gasteiger partial charge in [0.25, 0.3) is 0 Å². The fourth-order valence-electron chi connectivity index (χ4n) is 21.6. The fraction of sp³-hybridized carbons (Fsp3) is 0. The standard InChI is InChI=1S/C47H30NOP.C41H25NO2S.C38H25N2OP/c49-50(31-17-3-1-4-18-31,32-19-5-2-6-20-32)47-39-27-13-11-25-37(39)44(38-26-12-14-28-40(38)47)46-45-36-24-10-8-22-34(36)33-21-7-9-23-35(33)43(45)41-29-15-16-30-42(41)48-46;43-45(44,26-14-2-1-3-15-26)41-33-22-10-8-20-31(33)38(32-21-9-11-23-34(32)41)40-39-30-19-7-5-17-28(30)27-16-4-6-18-29(27)37(39)35-24-12-13-25-36(35)42-40;41-42(27-14-3-1-4-15-27,28-16-5-2-6-17-28)29-18-11-13-26(25-29)37-35-32-21-9-7-19-30(32)31-20-8-10-22-33(31)36(35)38-34(40-37)23-12-24-39-38/h1-30H;1-25H;1-25H. The highest BCUT2D eigenvalue weighted by Crippen LogP contribution is 2.55. The van der Waals surface area contributed by atoms with E-state index in [1.807, 2.05) is 212 Å². The third kappa shape index (κ3) is 13.2. The zero-order chi connectivity index (χ0) is 91.5. The van der Waals surface area contributed by atoms with E-state index in [-0.39, 0.29) is 4.90 Å². The van der Waals surface area contributed by atoms with Gasteiger partial charge in [-0.3, -0.25) is 4.98 Å². The summed E-state index contributed by atoms with van der Waals surface area (Å²) in [7, 11) is -10.4. The second-order valence-corrected chi connectivity index (χ2v) is 42.2. The first-order valence-electron chi connectivity index (χ1n) is 46.0. The maximum absolute atomic E-state index is 16.2. The van der Waals surface area contributed by atoms with Crippen LogP contribution in [0.5, 0.6) is 0 Å². The van der Waals surface area contributed by atoms with Gasteiger partial charge in [-0.05, 0) is 139 Å².